The Morgan fingerprint density at radius 2 is 2.42 bits per heavy atom. The van der Waals surface area contributed by atoms with Crippen LogP contribution in [0.4, 0.5) is 0 Å². The average Bonchev–Trinajstić information content (AvgIpc) is 3.11. The lowest BCUT2D eigenvalue weighted by atomic mass is 9.98. The van der Waals surface area contributed by atoms with E-state index in [0.29, 0.717) is 0 Å². The predicted octanol–water partition coefficient (Wildman–Crippen LogP) is 3.66. The molecule has 0 radical (unpaired) electrons. The Labute approximate surface area is 118 Å². The van der Waals surface area contributed by atoms with Gasteiger partial charge in [0.05, 0.1) is 16.8 Å². The lowest BCUT2D eigenvalue weighted by molar-refractivity contribution is 0.392. The molecule has 0 aromatic carbocycles. The van der Waals surface area contributed by atoms with Gasteiger partial charge in [-0.25, -0.2) is 0 Å². The molecule has 0 amide bonds. The van der Waals surface area contributed by atoms with E-state index in [0.717, 1.165) is 24.9 Å². The summed E-state index contributed by atoms with van der Waals surface area (Å²) in [6, 6.07) is 4.22. The summed E-state index contributed by atoms with van der Waals surface area (Å²) in [7, 11) is 0. The number of nitrogens with one attached hydrogen (secondary N) is 2. The van der Waals surface area contributed by atoms with E-state index >= 15 is 0 Å². The smallest absolute Gasteiger partial charge is 0.0794 e. The molecular formula is C15H21N3S. The topological polar surface area (TPSA) is 40.7 Å². The SMILES string of the molecule is CC1CCCC1CNCc1cn[nH]c1-c1cccs1. The van der Waals surface area contributed by atoms with Crippen molar-refractivity contribution in [1.82, 2.24) is 15.5 Å². The maximum absolute atomic E-state index is 4.19. The number of aromatic amines is 1. The molecule has 0 spiro atoms. The summed E-state index contributed by atoms with van der Waals surface area (Å²) < 4.78 is 0. The Bertz CT molecular complexity index is 503. The zero-order valence-corrected chi connectivity index (χ0v) is 12.2. The van der Waals surface area contributed by atoms with Crippen molar-refractivity contribution in [1.29, 1.82) is 0 Å². The standard InChI is InChI=1S/C15H21N3S/c1-11-4-2-5-12(11)8-16-9-13-10-17-18-15(13)14-6-3-7-19-14/h3,6-7,10-12,16H,2,4-5,8-9H2,1H3,(H,17,18). The van der Waals surface area contributed by atoms with Gasteiger partial charge in [0.15, 0.2) is 0 Å². The van der Waals surface area contributed by atoms with Crippen molar-refractivity contribution in [2.45, 2.75) is 32.7 Å². The van der Waals surface area contributed by atoms with Crippen LogP contribution in [0.15, 0.2) is 23.7 Å². The molecule has 3 rings (SSSR count). The fraction of sp³-hybridized carbons (Fsp3) is 0.533. The van der Waals surface area contributed by atoms with Crippen molar-refractivity contribution in [2.75, 3.05) is 6.54 Å². The fourth-order valence-electron chi connectivity index (χ4n) is 3.00. The van der Waals surface area contributed by atoms with E-state index in [-0.39, 0.29) is 0 Å². The zero-order valence-electron chi connectivity index (χ0n) is 11.4. The van der Waals surface area contributed by atoms with Gasteiger partial charge in [-0.1, -0.05) is 25.8 Å². The number of thiophene rings is 1. The monoisotopic (exact) mass is 275 g/mol. The first-order valence-electron chi connectivity index (χ1n) is 7.11. The lowest BCUT2D eigenvalue weighted by Crippen LogP contribution is -2.24. The van der Waals surface area contributed by atoms with Crippen LogP contribution in [0.2, 0.25) is 0 Å². The third-order valence-electron chi connectivity index (χ3n) is 4.25. The molecule has 19 heavy (non-hydrogen) atoms. The van der Waals surface area contributed by atoms with Crippen molar-refractivity contribution < 1.29 is 0 Å². The summed E-state index contributed by atoms with van der Waals surface area (Å²) in [6.07, 6.45) is 6.13. The lowest BCUT2D eigenvalue weighted by Gasteiger charge is -2.15. The van der Waals surface area contributed by atoms with Crippen molar-refractivity contribution in [3.63, 3.8) is 0 Å². The molecule has 3 nitrogen and oxygen atoms in total. The van der Waals surface area contributed by atoms with Crippen molar-refractivity contribution in [3.8, 4) is 10.6 Å². The number of aromatic nitrogens is 2. The minimum Gasteiger partial charge on any atom is -0.312 e. The van der Waals surface area contributed by atoms with Gasteiger partial charge in [-0.3, -0.25) is 5.10 Å². The Balaban J connectivity index is 1.57. The first kappa shape index (κ1) is 12.9. The summed E-state index contributed by atoms with van der Waals surface area (Å²) in [4.78, 5) is 1.27. The Hall–Kier alpha value is -1.13. The first-order valence-corrected chi connectivity index (χ1v) is 7.99. The molecule has 1 saturated carbocycles. The minimum atomic E-state index is 0.858. The highest BCUT2D eigenvalue weighted by molar-refractivity contribution is 7.13. The molecular weight excluding hydrogens is 254 g/mol. The fourth-order valence-corrected chi connectivity index (χ4v) is 3.75. The van der Waals surface area contributed by atoms with Gasteiger partial charge in [-0.2, -0.15) is 5.10 Å². The molecule has 1 aliphatic carbocycles. The molecule has 2 unspecified atom stereocenters. The molecule has 102 valence electrons. The van der Waals surface area contributed by atoms with Crippen molar-refractivity contribution in [3.05, 3.63) is 29.3 Å². The van der Waals surface area contributed by atoms with Crippen LogP contribution >= 0.6 is 11.3 Å². The van der Waals surface area contributed by atoms with Crippen LogP contribution in [-0.4, -0.2) is 16.7 Å². The summed E-state index contributed by atoms with van der Waals surface area (Å²) in [5.41, 5.74) is 2.44. The molecule has 4 heteroatoms. The predicted molar refractivity (Wildman–Crippen MR) is 80.1 cm³/mol. The molecule has 2 N–H and O–H groups in total. The van der Waals surface area contributed by atoms with Gasteiger partial charge >= 0.3 is 0 Å². The Kier molecular flexibility index (Phi) is 3.99. The van der Waals surface area contributed by atoms with Crippen LogP contribution in [0.25, 0.3) is 10.6 Å². The van der Waals surface area contributed by atoms with Gasteiger partial charge in [0.1, 0.15) is 0 Å². The third-order valence-corrected chi connectivity index (χ3v) is 5.13. The van der Waals surface area contributed by atoms with E-state index in [2.05, 4.69) is 40.0 Å². The van der Waals surface area contributed by atoms with Crippen molar-refractivity contribution in [2.24, 2.45) is 11.8 Å². The van der Waals surface area contributed by atoms with Crippen LogP contribution in [0.3, 0.4) is 0 Å². The molecule has 0 bridgehead atoms. The summed E-state index contributed by atoms with van der Waals surface area (Å²) in [5, 5.41) is 13.0. The highest BCUT2D eigenvalue weighted by atomic mass is 32.1. The van der Waals surface area contributed by atoms with E-state index in [1.54, 1.807) is 11.3 Å². The second-order valence-corrected chi connectivity index (χ2v) is 6.49. The number of H-pyrrole nitrogens is 1. The van der Waals surface area contributed by atoms with Crippen molar-refractivity contribution >= 4 is 11.3 Å². The maximum Gasteiger partial charge on any atom is 0.0794 e. The van der Waals surface area contributed by atoms with Crippen LogP contribution in [0.1, 0.15) is 31.7 Å². The molecule has 2 heterocycles. The highest BCUT2D eigenvalue weighted by Crippen LogP contribution is 2.30. The summed E-state index contributed by atoms with van der Waals surface area (Å²) >= 11 is 1.75. The normalized spacial score (nSPS) is 23.0. The summed E-state index contributed by atoms with van der Waals surface area (Å²) in [5.74, 6) is 1.74. The maximum atomic E-state index is 4.19. The highest BCUT2D eigenvalue weighted by Gasteiger charge is 2.22. The molecule has 1 fully saturated rings. The molecule has 1 aliphatic rings. The number of hydrogen-bond acceptors (Lipinski definition) is 3. The average molecular weight is 275 g/mol. The second kappa shape index (κ2) is 5.88. The van der Waals surface area contributed by atoms with Crippen LogP contribution in [-0.2, 0) is 6.54 Å². The Morgan fingerprint density at radius 3 is 3.16 bits per heavy atom. The molecule has 2 aromatic heterocycles. The largest absolute Gasteiger partial charge is 0.312 e. The quantitative estimate of drug-likeness (QED) is 0.874. The second-order valence-electron chi connectivity index (χ2n) is 5.55. The van der Waals surface area contributed by atoms with Gasteiger partial charge in [0.2, 0.25) is 0 Å². The van der Waals surface area contributed by atoms with E-state index in [1.807, 2.05) is 6.20 Å². The van der Waals surface area contributed by atoms with Gasteiger partial charge in [0, 0.05) is 12.1 Å². The molecule has 0 saturated heterocycles. The van der Waals surface area contributed by atoms with E-state index < -0.39 is 0 Å². The first-order chi connectivity index (χ1) is 9.34. The zero-order chi connectivity index (χ0) is 13.1. The number of hydrogen-bond donors (Lipinski definition) is 2. The van der Waals surface area contributed by atoms with Gasteiger partial charge in [-0.05, 0) is 36.2 Å². The number of nitrogens with zero attached hydrogens (tertiary/aromatic N) is 1. The summed E-state index contributed by atoms with van der Waals surface area (Å²) in [6.45, 7) is 4.43. The van der Waals surface area contributed by atoms with Gasteiger partial charge in [0.25, 0.3) is 0 Å². The van der Waals surface area contributed by atoms with Gasteiger partial charge in [-0.15, -0.1) is 11.3 Å². The molecule has 0 aliphatic heterocycles. The Morgan fingerprint density at radius 1 is 1.47 bits per heavy atom. The van der Waals surface area contributed by atoms with Crippen LogP contribution in [0, 0.1) is 11.8 Å². The van der Waals surface area contributed by atoms with Crippen LogP contribution < -0.4 is 5.32 Å². The van der Waals surface area contributed by atoms with Gasteiger partial charge < -0.3 is 5.32 Å². The van der Waals surface area contributed by atoms with E-state index in [4.69, 9.17) is 0 Å². The van der Waals surface area contributed by atoms with E-state index in [1.165, 1.54) is 35.4 Å². The number of rotatable bonds is 5. The van der Waals surface area contributed by atoms with E-state index in [9.17, 15) is 0 Å². The third kappa shape index (κ3) is 2.90. The molecule has 2 aromatic rings. The van der Waals surface area contributed by atoms with Crippen LogP contribution in [0.5, 0.6) is 0 Å². The molecule has 2 atom stereocenters. The minimum absolute atomic E-state index is 0.858.